The Balaban J connectivity index is 3.43. The maximum atomic E-state index is 12.5. The number of hydrogen-bond acceptors (Lipinski definition) is 8. The zero-order valence-corrected chi connectivity index (χ0v) is 23.3. The molecule has 0 aliphatic rings. The van der Waals surface area contributed by atoms with Gasteiger partial charge in [-0.1, -0.05) is 54.5 Å². The molecule has 208 valence electrons. The van der Waals surface area contributed by atoms with Crippen LogP contribution < -0.4 is 15.2 Å². The summed E-state index contributed by atoms with van der Waals surface area (Å²) in [4.78, 5) is 49.0. The van der Waals surface area contributed by atoms with E-state index in [1.54, 1.807) is 19.9 Å². The van der Waals surface area contributed by atoms with Gasteiger partial charge in [0.25, 0.3) is 0 Å². The van der Waals surface area contributed by atoms with Crippen LogP contribution in [0.25, 0.3) is 0 Å². The smallest absolute Gasteiger partial charge is 0.321 e. The maximum absolute atomic E-state index is 12.5. The third-order valence-corrected chi connectivity index (χ3v) is 5.82. The molecule has 3 N–H and O–H groups in total. The number of aliphatic carboxylic acids is 1. The van der Waals surface area contributed by atoms with E-state index >= 15 is 0 Å². The highest BCUT2D eigenvalue weighted by atomic mass is 16.6. The Hall–Kier alpha value is -2.94. The first-order valence-corrected chi connectivity index (χ1v) is 12.8. The first kappa shape index (κ1) is 32.1. The van der Waals surface area contributed by atoms with Crippen LogP contribution in [0.3, 0.4) is 0 Å². The van der Waals surface area contributed by atoms with E-state index in [9.17, 15) is 24.3 Å². The number of carbonyl (C=O) groups excluding carboxylic acids is 3. The summed E-state index contributed by atoms with van der Waals surface area (Å²) in [6.45, 7) is 14.7. The van der Waals surface area contributed by atoms with Gasteiger partial charge in [0.2, 0.25) is 0 Å². The molecule has 0 aliphatic heterocycles. The topological polar surface area (TPSA) is 142 Å². The Kier molecular flexibility index (Phi) is 12.8. The van der Waals surface area contributed by atoms with Crippen LogP contribution >= 0.6 is 0 Å². The molecule has 37 heavy (non-hydrogen) atoms. The van der Waals surface area contributed by atoms with Crippen LogP contribution in [0.2, 0.25) is 0 Å². The Labute approximate surface area is 220 Å². The minimum Gasteiger partial charge on any atom is -0.480 e. The summed E-state index contributed by atoms with van der Waals surface area (Å²) >= 11 is 0. The molecule has 0 saturated carbocycles. The molecular weight excluding hydrogens is 478 g/mol. The van der Waals surface area contributed by atoms with Crippen molar-refractivity contribution in [1.82, 2.24) is 0 Å². The number of hydrogen-bond donors (Lipinski definition) is 2. The molecule has 0 bridgehead atoms. The summed E-state index contributed by atoms with van der Waals surface area (Å²) in [5, 5.41) is 9.73. The summed E-state index contributed by atoms with van der Waals surface area (Å²) < 4.78 is 16.6. The summed E-state index contributed by atoms with van der Waals surface area (Å²) in [6.07, 6.45) is -0.0959. The quantitative estimate of drug-likeness (QED) is 0.263. The number of ether oxygens (including phenoxy) is 3. The van der Waals surface area contributed by atoms with Gasteiger partial charge in [0.15, 0.2) is 11.5 Å². The van der Waals surface area contributed by atoms with Gasteiger partial charge in [0.1, 0.15) is 12.1 Å². The fraction of sp³-hybridized carbons (Fsp3) is 0.643. The highest BCUT2D eigenvalue weighted by Gasteiger charge is 2.36. The molecule has 9 heteroatoms. The molecule has 0 spiro atoms. The van der Waals surface area contributed by atoms with Crippen molar-refractivity contribution in [2.75, 3.05) is 0 Å². The highest BCUT2D eigenvalue weighted by Crippen LogP contribution is 2.37. The van der Waals surface area contributed by atoms with Gasteiger partial charge in [-0.25, -0.2) is 0 Å². The van der Waals surface area contributed by atoms with Crippen LogP contribution in [0.5, 0.6) is 11.5 Å². The third kappa shape index (κ3) is 10.9. The lowest BCUT2D eigenvalue weighted by molar-refractivity contribution is -0.152. The first-order chi connectivity index (χ1) is 17.1. The molecule has 1 rings (SSSR count). The average molecular weight is 522 g/mol. The summed E-state index contributed by atoms with van der Waals surface area (Å²) in [5.41, 5.74) is 6.55. The number of carboxylic acid groups (broad SMARTS) is 1. The van der Waals surface area contributed by atoms with E-state index in [1.165, 1.54) is 12.1 Å². The van der Waals surface area contributed by atoms with E-state index in [0.717, 1.165) is 0 Å². The molecule has 0 fully saturated rings. The van der Waals surface area contributed by atoms with Gasteiger partial charge in [-0.3, -0.25) is 19.2 Å². The van der Waals surface area contributed by atoms with Crippen LogP contribution in [-0.4, -0.2) is 41.1 Å². The predicted octanol–water partition coefficient (Wildman–Crippen LogP) is 4.70. The van der Waals surface area contributed by atoms with Gasteiger partial charge in [-0.05, 0) is 42.4 Å². The van der Waals surface area contributed by atoms with Gasteiger partial charge < -0.3 is 25.1 Å². The molecular formula is C28H43NO8. The van der Waals surface area contributed by atoms with Crippen molar-refractivity contribution in [2.24, 2.45) is 29.4 Å². The molecule has 0 amide bonds. The molecule has 0 saturated heterocycles. The number of esters is 3. The van der Waals surface area contributed by atoms with E-state index in [1.807, 2.05) is 41.5 Å². The lowest BCUT2D eigenvalue weighted by atomic mass is 9.79. The number of carboxylic acids is 1. The Bertz CT molecular complexity index is 940. The normalized spacial score (nSPS) is 14.7. The number of benzene rings is 1. The molecule has 1 aromatic carbocycles. The third-order valence-electron chi connectivity index (χ3n) is 5.82. The summed E-state index contributed by atoms with van der Waals surface area (Å²) in [6, 6.07) is 3.19. The lowest BCUT2D eigenvalue weighted by Crippen LogP contribution is -2.42. The van der Waals surface area contributed by atoms with Crippen molar-refractivity contribution in [3.8, 4) is 11.5 Å². The Morgan fingerprint density at radius 1 is 0.757 bits per heavy atom. The van der Waals surface area contributed by atoms with Crippen molar-refractivity contribution >= 4 is 23.9 Å². The standard InChI is InChI=1S/C28H43NO8/c1-15(2)11-23(30)35-19(8)18(7)26(27(29)28(33)34)20-9-10-21(36-24(31)12-16(3)4)22(14-20)37-25(32)13-17(5)6/h9-10,14-19,26-27H,11-13,29H2,1-8H3,(H,33,34)/t18?,19?,26?,27-/m0/s1. The highest BCUT2D eigenvalue weighted by molar-refractivity contribution is 5.77. The van der Waals surface area contributed by atoms with Crippen LogP contribution in [0.4, 0.5) is 0 Å². The molecule has 3 unspecified atom stereocenters. The molecule has 0 aliphatic carbocycles. The number of carbonyl (C=O) groups is 4. The fourth-order valence-corrected chi connectivity index (χ4v) is 3.87. The minimum absolute atomic E-state index is 0.000463. The van der Waals surface area contributed by atoms with Crippen molar-refractivity contribution in [1.29, 1.82) is 0 Å². The van der Waals surface area contributed by atoms with E-state index in [2.05, 4.69) is 0 Å². The molecule has 0 aromatic heterocycles. The molecule has 9 nitrogen and oxygen atoms in total. The van der Waals surface area contributed by atoms with Crippen LogP contribution in [0.15, 0.2) is 18.2 Å². The van der Waals surface area contributed by atoms with Gasteiger partial charge in [0.05, 0.1) is 0 Å². The summed E-state index contributed by atoms with van der Waals surface area (Å²) in [7, 11) is 0. The molecule has 4 atom stereocenters. The van der Waals surface area contributed by atoms with Crippen LogP contribution in [0, 0.1) is 23.7 Å². The predicted molar refractivity (Wildman–Crippen MR) is 139 cm³/mol. The van der Waals surface area contributed by atoms with E-state index in [0.29, 0.717) is 5.56 Å². The SMILES string of the molecule is CC(C)CC(=O)Oc1ccc(C(C(C)C(C)OC(=O)CC(C)C)[C@H](N)C(=O)O)cc1OC(=O)CC(C)C. The maximum Gasteiger partial charge on any atom is 0.321 e. The summed E-state index contributed by atoms with van der Waals surface area (Å²) in [5.74, 6) is -3.65. The van der Waals surface area contributed by atoms with Gasteiger partial charge in [-0.2, -0.15) is 0 Å². The van der Waals surface area contributed by atoms with E-state index < -0.39 is 41.9 Å². The van der Waals surface area contributed by atoms with Crippen LogP contribution in [0.1, 0.15) is 86.1 Å². The van der Waals surface area contributed by atoms with Crippen molar-refractivity contribution in [2.45, 2.75) is 92.7 Å². The number of nitrogens with two attached hydrogens (primary N) is 1. The van der Waals surface area contributed by atoms with Gasteiger partial charge in [0, 0.05) is 31.1 Å². The fourth-order valence-electron chi connectivity index (χ4n) is 3.87. The van der Waals surface area contributed by atoms with Crippen molar-refractivity contribution < 1.29 is 38.5 Å². The Morgan fingerprint density at radius 3 is 1.68 bits per heavy atom. The lowest BCUT2D eigenvalue weighted by Gasteiger charge is -2.32. The minimum atomic E-state index is -1.34. The second kappa shape index (κ2) is 14.7. The second-order valence-electron chi connectivity index (χ2n) is 10.9. The van der Waals surface area contributed by atoms with Gasteiger partial charge >= 0.3 is 23.9 Å². The second-order valence-corrected chi connectivity index (χ2v) is 10.9. The molecule has 0 radical (unpaired) electrons. The number of rotatable bonds is 14. The molecule has 0 heterocycles. The van der Waals surface area contributed by atoms with E-state index in [4.69, 9.17) is 19.9 Å². The largest absolute Gasteiger partial charge is 0.480 e. The van der Waals surface area contributed by atoms with Crippen molar-refractivity contribution in [3.05, 3.63) is 23.8 Å². The van der Waals surface area contributed by atoms with Crippen molar-refractivity contribution in [3.63, 3.8) is 0 Å². The van der Waals surface area contributed by atoms with Gasteiger partial charge in [-0.15, -0.1) is 0 Å². The average Bonchev–Trinajstić information content (AvgIpc) is 2.73. The molecule has 1 aromatic rings. The Morgan fingerprint density at radius 2 is 1.22 bits per heavy atom. The van der Waals surface area contributed by atoms with Crippen LogP contribution in [-0.2, 0) is 23.9 Å². The zero-order valence-electron chi connectivity index (χ0n) is 23.3. The zero-order chi connectivity index (χ0) is 28.4. The first-order valence-electron chi connectivity index (χ1n) is 12.8. The van der Waals surface area contributed by atoms with E-state index in [-0.39, 0.29) is 54.5 Å². The monoisotopic (exact) mass is 521 g/mol.